The third kappa shape index (κ3) is 4.71. The number of amides is 1. The highest BCUT2D eigenvalue weighted by Gasteiger charge is 2.06. The van der Waals surface area contributed by atoms with E-state index >= 15 is 0 Å². The molecule has 5 heteroatoms. The lowest BCUT2D eigenvalue weighted by Crippen LogP contribution is -2.14. The minimum atomic E-state index is -0.0755. The fourth-order valence-electron chi connectivity index (χ4n) is 3.08. The van der Waals surface area contributed by atoms with Gasteiger partial charge >= 0.3 is 0 Å². The van der Waals surface area contributed by atoms with E-state index in [1.165, 1.54) is 0 Å². The maximum atomic E-state index is 12.4. The zero-order valence-corrected chi connectivity index (χ0v) is 16.0. The van der Waals surface area contributed by atoms with E-state index in [1.54, 1.807) is 24.8 Å². The fourth-order valence-corrected chi connectivity index (χ4v) is 3.08. The van der Waals surface area contributed by atoms with E-state index < -0.39 is 0 Å². The molecule has 3 heterocycles. The Morgan fingerprint density at radius 1 is 0.862 bits per heavy atom. The predicted molar refractivity (Wildman–Crippen MR) is 114 cm³/mol. The van der Waals surface area contributed by atoms with Gasteiger partial charge in [-0.2, -0.15) is 0 Å². The molecule has 0 bridgehead atoms. The average molecular weight is 380 g/mol. The molecule has 4 aromatic rings. The number of nitrogens with zero attached hydrogens (tertiary/aromatic N) is 3. The summed E-state index contributed by atoms with van der Waals surface area (Å²) in [6.45, 7) is 1.97. The highest BCUT2D eigenvalue weighted by Crippen LogP contribution is 2.21. The van der Waals surface area contributed by atoms with Gasteiger partial charge in [0.15, 0.2) is 0 Å². The van der Waals surface area contributed by atoms with Crippen LogP contribution in [0.15, 0.2) is 85.5 Å². The summed E-state index contributed by atoms with van der Waals surface area (Å²) >= 11 is 0. The first kappa shape index (κ1) is 18.5. The van der Waals surface area contributed by atoms with Gasteiger partial charge in [-0.05, 0) is 60.0 Å². The normalized spacial score (nSPS) is 10.5. The minimum Gasteiger partial charge on any atom is -0.324 e. The van der Waals surface area contributed by atoms with E-state index in [0.717, 1.165) is 33.6 Å². The molecule has 0 saturated carbocycles. The van der Waals surface area contributed by atoms with Crippen molar-refractivity contribution in [2.24, 2.45) is 0 Å². The number of carbonyl (C=O) groups excluding carboxylic acids is 1. The summed E-state index contributed by atoms with van der Waals surface area (Å²) < 4.78 is 0. The van der Waals surface area contributed by atoms with Gasteiger partial charge < -0.3 is 5.32 Å². The van der Waals surface area contributed by atoms with Crippen LogP contribution in [-0.2, 0) is 11.2 Å². The van der Waals surface area contributed by atoms with Crippen LogP contribution in [0.25, 0.3) is 22.4 Å². The van der Waals surface area contributed by atoms with Crippen LogP contribution in [0.3, 0.4) is 0 Å². The van der Waals surface area contributed by atoms with Crippen molar-refractivity contribution in [2.75, 3.05) is 5.32 Å². The Hall–Kier alpha value is -3.86. The van der Waals surface area contributed by atoms with Gasteiger partial charge in [0.25, 0.3) is 0 Å². The van der Waals surface area contributed by atoms with E-state index in [4.69, 9.17) is 0 Å². The van der Waals surface area contributed by atoms with Crippen LogP contribution >= 0.6 is 0 Å². The number of hydrogen-bond acceptors (Lipinski definition) is 4. The molecule has 0 unspecified atom stereocenters. The molecule has 1 N–H and O–H groups in total. The van der Waals surface area contributed by atoms with Crippen molar-refractivity contribution in [3.05, 3.63) is 96.7 Å². The lowest BCUT2D eigenvalue weighted by molar-refractivity contribution is -0.115. The maximum absolute atomic E-state index is 12.4. The van der Waals surface area contributed by atoms with E-state index in [0.29, 0.717) is 12.1 Å². The molecule has 0 aliphatic carbocycles. The Bertz CT molecular complexity index is 1110. The van der Waals surface area contributed by atoms with Crippen LogP contribution < -0.4 is 5.32 Å². The number of aromatic nitrogens is 3. The summed E-state index contributed by atoms with van der Waals surface area (Å²) in [4.78, 5) is 25.1. The van der Waals surface area contributed by atoms with Crippen LogP contribution in [0, 0.1) is 6.92 Å². The third-order valence-electron chi connectivity index (χ3n) is 4.55. The summed E-state index contributed by atoms with van der Waals surface area (Å²) in [6, 6.07) is 19.6. The zero-order chi connectivity index (χ0) is 20.1. The van der Waals surface area contributed by atoms with E-state index in [2.05, 4.69) is 20.3 Å². The first-order valence-electron chi connectivity index (χ1n) is 9.36. The lowest BCUT2D eigenvalue weighted by Gasteiger charge is -2.07. The molecule has 0 saturated heterocycles. The average Bonchev–Trinajstić information content (AvgIpc) is 2.75. The monoisotopic (exact) mass is 380 g/mol. The van der Waals surface area contributed by atoms with Crippen molar-refractivity contribution in [3.63, 3.8) is 0 Å². The van der Waals surface area contributed by atoms with Gasteiger partial charge in [-0.3, -0.25) is 19.7 Å². The van der Waals surface area contributed by atoms with Crippen molar-refractivity contribution < 1.29 is 4.79 Å². The Balaban J connectivity index is 1.38. The zero-order valence-electron chi connectivity index (χ0n) is 16.0. The number of aryl methyl sites for hydroxylation is 1. The molecular formula is C24H20N4O. The number of anilines is 1. The molecule has 0 spiro atoms. The Morgan fingerprint density at radius 2 is 1.72 bits per heavy atom. The molecule has 5 nitrogen and oxygen atoms in total. The van der Waals surface area contributed by atoms with Crippen LogP contribution in [0.2, 0.25) is 0 Å². The molecule has 1 aromatic carbocycles. The van der Waals surface area contributed by atoms with Gasteiger partial charge in [-0.15, -0.1) is 0 Å². The number of carbonyl (C=O) groups is 1. The molecule has 0 atom stereocenters. The highest BCUT2D eigenvalue weighted by molar-refractivity contribution is 5.92. The largest absolute Gasteiger partial charge is 0.324 e. The molecular weight excluding hydrogens is 360 g/mol. The number of pyridine rings is 3. The van der Waals surface area contributed by atoms with Crippen LogP contribution in [0.5, 0.6) is 0 Å². The standard InChI is InChI=1S/C24H20N4O/c1-17-13-20(10-12-26-17)19-6-4-18(5-7-19)14-24(29)28-22-8-9-23(27-16-22)21-3-2-11-25-15-21/h2-13,15-16H,14H2,1H3,(H,28,29). The molecule has 3 aromatic heterocycles. The fraction of sp³-hybridized carbons (Fsp3) is 0.0833. The molecule has 0 aliphatic heterocycles. The second-order valence-electron chi connectivity index (χ2n) is 6.78. The van der Waals surface area contributed by atoms with Crippen molar-refractivity contribution >= 4 is 11.6 Å². The molecule has 142 valence electrons. The van der Waals surface area contributed by atoms with Gasteiger partial charge in [0.2, 0.25) is 5.91 Å². The number of benzene rings is 1. The summed E-state index contributed by atoms with van der Waals surface area (Å²) in [5.74, 6) is -0.0755. The molecule has 0 fully saturated rings. The minimum absolute atomic E-state index is 0.0755. The highest BCUT2D eigenvalue weighted by atomic mass is 16.1. The Kier molecular flexibility index (Phi) is 5.38. The summed E-state index contributed by atoms with van der Waals surface area (Å²) in [5.41, 5.74) is 6.59. The van der Waals surface area contributed by atoms with E-state index in [-0.39, 0.29) is 5.91 Å². The second-order valence-corrected chi connectivity index (χ2v) is 6.78. The van der Waals surface area contributed by atoms with Crippen molar-refractivity contribution in [3.8, 4) is 22.4 Å². The molecule has 1 amide bonds. The first-order chi connectivity index (χ1) is 14.2. The topological polar surface area (TPSA) is 67.8 Å². The SMILES string of the molecule is Cc1cc(-c2ccc(CC(=O)Nc3ccc(-c4cccnc4)nc3)cc2)ccn1. The van der Waals surface area contributed by atoms with Crippen molar-refractivity contribution in [1.82, 2.24) is 15.0 Å². The number of hydrogen-bond donors (Lipinski definition) is 1. The smallest absolute Gasteiger partial charge is 0.228 e. The second kappa shape index (κ2) is 8.44. The van der Waals surface area contributed by atoms with Crippen molar-refractivity contribution in [1.29, 1.82) is 0 Å². The Morgan fingerprint density at radius 3 is 2.41 bits per heavy atom. The molecule has 4 rings (SSSR count). The van der Waals surface area contributed by atoms with Gasteiger partial charge in [0, 0.05) is 29.8 Å². The van der Waals surface area contributed by atoms with E-state index in [9.17, 15) is 4.79 Å². The van der Waals surface area contributed by atoms with Crippen LogP contribution in [0.1, 0.15) is 11.3 Å². The lowest BCUT2D eigenvalue weighted by atomic mass is 10.0. The Labute approximate surface area is 169 Å². The summed E-state index contributed by atoms with van der Waals surface area (Å²) in [6.07, 6.45) is 7.26. The van der Waals surface area contributed by atoms with E-state index in [1.807, 2.05) is 67.6 Å². The first-order valence-corrected chi connectivity index (χ1v) is 9.36. The van der Waals surface area contributed by atoms with Gasteiger partial charge in [0.05, 0.1) is 24.0 Å². The van der Waals surface area contributed by atoms with Crippen molar-refractivity contribution in [2.45, 2.75) is 13.3 Å². The summed E-state index contributed by atoms with van der Waals surface area (Å²) in [7, 11) is 0. The molecule has 0 radical (unpaired) electrons. The van der Waals surface area contributed by atoms with Crippen LogP contribution in [-0.4, -0.2) is 20.9 Å². The summed E-state index contributed by atoms with van der Waals surface area (Å²) in [5, 5.41) is 2.90. The quantitative estimate of drug-likeness (QED) is 0.545. The maximum Gasteiger partial charge on any atom is 0.228 e. The van der Waals surface area contributed by atoms with Gasteiger partial charge in [-0.25, -0.2) is 0 Å². The number of rotatable bonds is 5. The molecule has 0 aliphatic rings. The third-order valence-corrected chi connectivity index (χ3v) is 4.55. The predicted octanol–water partition coefficient (Wildman–Crippen LogP) is 4.70. The number of nitrogens with one attached hydrogen (secondary N) is 1. The van der Waals surface area contributed by atoms with Gasteiger partial charge in [-0.1, -0.05) is 24.3 Å². The van der Waals surface area contributed by atoms with Gasteiger partial charge in [0.1, 0.15) is 0 Å². The van der Waals surface area contributed by atoms with Crippen LogP contribution in [0.4, 0.5) is 5.69 Å². The molecule has 29 heavy (non-hydrogen) atoms.